The van der Waals surface area contributed by atoms with Gasteiger partial charge < -0.3 is 15.2 Å². The van der Waals surface area contributed by atoms with Crippen molar-refractivity contribution in [2.75, 3.05) is 20.3 Å². The van der Waals surface area contributed by atoms with Crippen molar-refractivity contribution in [3.63, 3.8) is 0 Å². The number of ether oxygens (including phenoxy) is 2. The van der Waals surface area contributed by atoms with Gasteiger partial charge in [0, 0.05) is 7.11 Å². The van der Waals surface area contributed by atoms with Crippen LogP contribution in [0.1, 0.15) is 18.5 Å². The van der Waals surface area contributed by atoms with E-state index >= 15 is 0 Å². The fraction of sp³-hybridized carbons (Fsp3) is 0.375. The molecule has 2 aromatic rings. The van der Waals surface area contributed by atoms with Crippen molar-refractivity contribution in [2.24, 2.45) is 5.73 Å². The molecule has 2 unspecified atom stereocenters. The summed E-state index contributed by atoms with van der Waals surface area (Å²) in [7, 11) is 1.67. The molecule has 0 aliphatic carbocycles. The monoisotopic (exact) mass is 259 g/mol. The molecule has 102 valence electrons. The Labute approximate surface area is 114 Å². The summed E-state index contributed by atoms with van der Waals surface area (Å²) in [6, 6.07) is 14.4. The van der Waals surface area contributed by atoms with Crippen LogP contribution in [0, 0.1) is 0 Å². The number of rotatable bonds is 6. The predicted molar refractivity (Wildman–Crippen MR) is 78.2 cm³/mol. The molecule has 0 radical (unpaired) electrons. The van der Waals surface area contributed by atoms with E-state index in [0.717, 1.165) is 5.56 Å². The summed E-state index contributed by atoms with van der Waals surface area (Å²) in [6.45, 7) is 3.07. The standard InChI is InChI=1S/C16H21NO2/c1-12(10-18-2)19-11-16(17)15-9-5-7-13-6-3-4-8-14(13)15/h3-9,12,16H,10-11,17H2,1-2H3. The molecule has 2 N–H and O–H groups in total. The third-order valence-electron chi connectivity index (χ3n) is 3.18. The smallest absolute Gasteiger partial charge is 0.0781 e. The highest BCUT2D eigenvalue weighted by Crippen LogP contribution is 2.23. The first-order valence-electron chi connectivity index (χ1n) is 6.56. The quantitative estimate of drug-likeness (QED) is 0.867. The van der Waals surface area contributed by atoms with Gasteiger partial charge >= 0.3 is 0 Å². The Kier molecular flexibility index (Phi) is 4.91. The van der Waals surface area contributed by atoms with Crippen LogP contribution < -0.4 is 5.73 Å². The number of benzene rings is 2. The van der Waals surface area contributed by atoms with Gasteiger partial charge in [-0.3, -0.25) is 0 Å². The number of methoxy groups -OCH3 is 1. The Bertz CT molecular complexity index is 522. The van der Waals surface area contributed by atoms with Gasteiger partial charge in [-0.1, -0.05) is 42.5 Å². The van der Waals surface area contributed by atoms with E-state index in [-0.39, 0.29) is 12.1 Å². The van der Waals surface area contributed by atoms with Gasteiger partial charge in [-0.2, -0.15) is 0 Å². The Hall–Kier alpha value is -1.42. The Morgan fingerprint density at radius 3 is 2.58 bits per heavy atom. The fourth-order valence-corrected chi connectivity index (χ4v) is 2.21. The third kappa shape index (κ3) is 3.53. The molecule has 3 nitrogen and oxygen atoms in total. The highest BCUT2D eigenvalue weighted by molar-refractivity contribution is 5.86. The zero-order valence-electron chi connectivity index (χ0n) is 11.5. The summed E-state index contributed by atoms with van der Waals surface area (Å²) in [5, 5.41) is 2.40. The van der Waals surface area contributed by atoms with Crippen molar-refractivity contribution in [2.45, 2.75) is 19.1 Å². The molecule has 0 aliphatic rings. The average molecular weight is 259 g/mol. The van der Waals surface area contributed by atoms with Crippen molar-refractivity contribution in [1.29, 1.82) is 0 Å². The number of fused-ring (bicyclic) bond motifs is 1. The van der Waals surface area contributed by atoms with E-state index in [1.165, 1.54) is 10.8 Å². The van der Waals surface area contributed by atoms with E-state index in [1.54, 1.807) is 7.11 Å². The Balaban J connectivity index is 2.11. The van der Waals surface area contributed by atoms with Gasteiger partial charge in [0.05, 0.1) is 25.4 Å². The molecule has 0 aliphatic heterocycles. The van der Waals surface area contributed by atoms with Crippen molar-refractivity contribution in [3.05, 3.63) is 48.0 Å². The Morgan fingerprint density at radius 2 is 1.79 bits per heavy atom. The largest absolute Gasteiger partial charge is 0.382 e. The molecule has 2 atom stereocenters. The lowest BCUT2D eigenvalue weighted by Gasteiger charge is -2.18. The van der Waals surface area contributed by atoms with Crippen LogP contribution in [0.25, 0.3) is 10.8 Å². The maximum atomic E-state index is 6.24. The predicted octanol–water partition coefficient (Wildman–Crippen LogP) is 2.89. The fourth-order valence-electron chi connectivity index (χ4n) is 2.21. The lowest BCUT2D eigenvalue weighted by molar-refractivity contribution is 0.00340. The first-order valence-corrected chi connectivity index (χ1v) is 6.56. The van der Waals surface area contributed by atoms with Crippen molar-refractivity contribution in [3.8, 4) is 0 Å². The number of hydrogen-bond acceptors (Lipinski definition) is 3. The molecule has 2 rings (SSSR count). The second-order valence-electron chi connectivity index (χ2n) is 4.77. The topological polar surface area (TPSA) is 44.5 Å². The summed E-state index contributed by atoms with van der Waals surface area (Å²) in [5.41, 5.74) is 7.37. The molecule has 0 fully saturated rings. The van der Waals surface area contributed by atoms with Gasteiger partial charge in [0.25, 0.3) is 0 Å². The molecule has 2 aromatic carbocycles. The molecule has 0 heterocycles. The van der Waals surface area contributed by atoms with Gasteiger partial charge in [0.15, 0.2) is 0 Å². The minimum atomic E-state index is -0.120. The maximum Gasteiger partial charge on any atom is 0.0781 e. The van der Waals surface area contributed by atoms with E-state index in [0.29, 0.717) is 13.2 Å². The zero-order valence-corrected chi connectivity index (χ0v) is 11.5. The van der Waals surface area contributed by atoms with Crippen LogP contribution in [-0.4, -0.2) is 26.4 Å². The van der Waals surface area contributed by atoms with Gasteiger partial charge in [0.2, 0.25) is 0 Å². The van der Waals surface area contributed by atoms with Crippen LogP contribution in [0.3, 0.4) is 0 Å². The molecular weight excluding hydrogens is 238 g/mol. The van der Waals surface area contributed by atoms with E-state index in [2.05, 4.69) is 24.3 Å². The van der Waals surface area contributed by atoms with Gasteiger partial charge in [-0.15, -0.1) is 0 Å². The highest BCUT2D eigenvalue weighted by Gasteiger charge is 2.11. The molecule has 0 amide bonds. The second kappa shape index (κ2) is 6.66. The normalized spacial score (nSPS) is 14.5. The van der Waals surface area contributed by atoms with Gasteiger partial charge in [-0.25, -0.2) is 0 Å². The van der Waals surface area contributed by atoms with Crippen LogP contribution in [-0.2, 0) is 9.47 Å². The molecular formula is C16H21NO2. The van der Waals surface area contributed by atoms with Crippen LogP contribution >= 0.6 is 0 Å². The summed E-state index contributed by atoms with van der Waals surface area (Å²) >= 11 is 0. The van der Waals surface area contributed by atoms with Crippen LogP contribution in [0.2, 0.25) is 0 Å². The molecule has 19 heavy (non-hydrogen) atoms. The van der Waals surface area contributed by atoms with E-state index in [4.69, 9.17) is 15.2 Å². The molecule has 0 saturated heterocycles. The lowest BCUT2D eigenvalue weighted by Crippen LogP contribution is -2.23. The maximum absolute atomic E-state index is 6.24. The minimum Gasteiger partial charge on any atom is -0.382 e. The highest BCUT2D eigenvalue weighted by atomic mass is 16.5. The molecule has 0 spiro atoms. The summed E-state index contributed by atoms with van der Waals surface area (Å²) in [6.07, 6.45) is 0.0611. The summed E-state index contributed by atoms with van der Waals surface area (Å²) in [5.74, 6) is 0. The summed E-state index contributed by atoms with van der Waals surface area (Å²) in [4.78, 5) is 0. The third-order valence-corrected chi connectivity index (χ3v) is 3.18. The number of nitrogens with two attached hydrogens (primary N) is 1. The van der Waals surface area contributed by atoms with E-state index in [1.807, 2.05) is 25.1 Å². The van der Waals surface area contributed by atoms with Crippen LogP contribution in [0.4, 0.5) is 0 Å². The molecule has 0 aromatic heterocycles. The average Bonchev–Trinajstić information content (AvgIpc) is 2.44. The molecule has 3 heteroatoms. The molecule has 0 bridgehead atoms. The number of hydrogen-bond donors (Lipinski definition) is 1. The molecule has 0 saturated carbocycles. The first-order chi connectivity index (χ1) is 9.22. The minimum absolute atomic E-state index is 0.0611. The van der Waals surface area contributed by atoms with Gasteiger partial charge in [0.1, 0.15) is 0 Å². The zero-order chi connectivity index (χ0) is 13.7. The first kappa shape index (κ1) is 14.0. The van der Waals surface area contributed by atoms with Crippen molar-refractivity contribution in [1.82, 2.24) is 0 Å². The Morgan fingerprint density at radius 1 is 1.05 bits per heavy atom. The van der Waals surface area contributed by atoms with Gasteiger partial charge in [-0.05, 0) is 23.3 Å². The van der Waals surface area contributed by atoms with E-state index in [9.17, 15) is 0 Å². The van der Waals surface area contributed by atoms with Crippen LogP contribution in [0.5, 0.6) is 0 Å². The summed E-state index contributed by atoms with van der Waals surface area (Å²) < 4.78 is 10.7. The lowest BCUT2D eigenvalue weighted by atomic mass is 10.00. The van der Waals surface area contributed by atoms with Crippen LogP contribution in [0.15, 0.2) is 42.5 Å². The second-order valence-corrected chi connectivity index (χ2v) is 4.77. The van der Waals surface area contributed by atoms with Crippen molar-refractivity contribution >= 4 is 10.8 Å². The van der Waals surface area contributed by atoms with Crippen molar-refractivity contribution < 1.29 is 9.47 Å². The SMILES string of the molecule is COCC(C)OCC(N)c1cccc2ccccc12. The van der Waals surface area contributed by atoms with E-state index < -0.39 is 0 Å².